The number of carbonyl (C=O) groups is 1. The molecule has 0 amide bonds. The fourth-order valence-corrected chi connectivity index (χ4v) is 4.61. The number of Topliss-reactive ketones (excluding diaryl/α,β-unsaturated/α-hetero) is 1. The molecule has 1 aliphatic heterocycles. The molecule has 150 valence electrons. The molecule has 5 nitrogen and oxygen atoms in total. The lowest BCUT2D eigenvalue weighted by Crippen LogP contribution is -2.33. The van der Waals surface area contributed by atoms with E-state index in [4.69, 9.17) is 11.6 Å². The Hall–Kier alpha value is -1.79. The highest BCUT2D eigenvalue weighted by Crippen LogP contribution is 2.32. The number of rotatable bonds is 5. The minimum atomic E-state index is -0.651. The van der Waals surface area contributed by atoms with E-state index in [1.54, 1.807) is 19.2 Å². The Morgan fingerprint density at radius 1 is 1.29 bits per heavy atom. The monoisotopic (exact) mass is 404 g/mol. The molecule has 0 bridgehead atoms. The van der Waals surface area contributed by atoms with E-state index >= 15 is 0 Å². The van der Waals surface area contributed by atoms with Gasteiger partial charge in [0.05, 0.1) is 16.8 Å². The highest BCUT2D eigenvalue weighted by atomic mass is 35.5. The van der Waals surface area contributed by atoms with Gasteiger partial charge in [0, 0.05) is 31.9 Å². The van der Waals surface area contributed by atoms with Gasteiger partial charge in [0.1, 0.15) is 16.8 Å². The average Bonchev–Trinajstić information content (AvgIpc) is 3.08. The topological polar surface area (TPSA) is 58.1 Å². The molecule has 2 aliphatic rings. The Morgan fingerprint density at radius 2 is 2.07 bits per heavy atom. The molecule has 0 spiro atoms. The molecule has 2 aromatic heterocycles. The number of likely N-dealkylation sites (tertiary alicyclic amines) is 1. The number of nitrogens with zero attached hydrogens (tertiary/aromatic N) is 3. The molecule has 1 aliphatic carbocycles. The van der Waals surface area contributed by atoms with Crippen molar-refractivity contribution in [3.8, 4) is 0 Å². The summed E-state index contributed by atoms with van der Waals surface area (Å²) in [6, 6.07) is 3.82. The van der Waals surface area contributed by atoms with E-state index < -0.39 is 6.17 Å². The minimum absolute atomic E-state index is 0.0397. The number of halogens is 2. The SMILES string of the molecule is CC(=O)c1cnc2ccc(Cl)nc2c1N[C@H]1CC[C@H](CN2CC[C@@H](F)C2)CC1. The van der Waals surface area contributed by atoms with Gasteiger partial charge in [0.15, 0.2) is 5.78 Å². The maximum absolute atomic E-state index is 13.4. The van der Waals surface area contributed by atoms with Crippen molar-refractivity contribution in [2.24, 2.45) is 5.92 Å². The third-order valence-electron chi connectivity index (χ3n) is 5.98. The number of hydrogen-bond acceptors (Lipinski definition) is 5. The number of hydrogen-bond donors (Lipinski definition) is 1. The maximum Gasteiger partial charge on any atom is 0.163 e. The molecule has 0 aromatic carbocycles. The van der Waals surface area contributed by atoms with Crippen LogP contribution in [0.1, 0.15) is 49.4 Å². The van der Waals surface area contributed by atoms with Crippen molar-refractivity contribution >= 4 is 34.1 Å². The Kier molecular flexibility index (Phi) is 5.78. The quantitative estimate of drug-likeness (QED) is 0.587. The molecule has 28 heavy (non-hydrogen) atoms. The molecule has 4 rings (SSSR count). The van der Waals surface area contributed by atoms with Crippen molar-refractivity contribution in [3.05, 3.63) is 29.0 Å². The fourth-order valence-electron chi connectivity index (χ4n) is 4.47. The molecule has 3 heterocycles. The van der Waals surface area contributed by atoms with E-state index in [-0.39, 0.29) is 11.8 Å². The van der Waals surface area contributed by atoms with Gasteiger partial charge in [-0.15, -0.1) is 0 Å². The summed E-state index contributed by atoms with van der Waals surface area (Å²) >= 11 is 6.09. The van der Waals surface area contributed by atoms with Gasteiger partial charge in [-0.3, -0.25) is 9.78 Å². The second-order valence-corrected chi connectivity index (χ2v) is 8.50. The summed E-state index contributed by atoms with van der Waals surface area (Å²) in [5.74, 6) is 0.583. The summed E-state index contributed by atoms with van der Waals surface area (Å²) in [6.45, 7) is 4.02. The van der Waals surface area contributed by atoms with Crippen molar-refractivity contribution in [2.75, 3.05) is 25.0 Å². The molecular weight excluding hydrogens is 379 g/mol. The normalized spacial score (nSPS) is 25.9. The van der Waals surface area contributed by atoms with Gasteiger partial charge in [-0.25, -0.2) is 9.37 Å². The largest absolute Gasteiger partial charge is 0.380 e. The zero-order valence-corrected chi connectivity index (χ0v) is 16.9. The van der Waals surface area contributed by atoms with Crippen LogP contribution in [-0.4, -0.2) is 52.5 Å². The smallest absolute Gasteiger partial charge is 0.163 e. The number of anilines is 1. The summed E-state index contributed by atoms with van der Waals surface area (Å²) < 4.78 is 13.4. The summed E-state index contributed by atoms with van der Waals surface area (Å²) in [5, 5.41) is 3.95. The predicted octanol–water partition coefficient (Wildman–Crippen LogP) is 4.50. The summed E-state index contributed by atoms with van der Waals surface area (Å²) in [7, 11) is 0. The second-order valence-electron chi connectivity index (χ2n) is 8.11. The Labute approximate surface area is 169 Å². The van der Waals surface area contributed by atoms with E-state index in [1.165, 1.54) is 0 Å². The molecule has 7 heteroatoms. The van der Waals surface area contributed by atoms with Crippen molar-refractivity contribution < 1.29 is 9.18 Å². The van der Waals surface area contributed by atoms with Crippen LogP contribution in [0, 0.1) is 5.92 Å². The third kappa shape index (κ3) is 4.28. The Balaban J connectivity index is 1.46. The van der Waals surface area contributed by atoms with Crippen LogP contribution in [-0.2, 0) is 0 Å². The molecule has 0 radical (unpaired) electrons. The number of ketones is 1. The van der Waals surface area contributed by atoms with Crippen LogP contribution in [0.15, 0.2) is 18.3 Å². The minimum Gasteiger partial charge on any atom is -0.380 e. The number of nitrogens with one attached hydrogen (secondary N) is 1. The van der Waals surface area contributed by atoms with E-state index in [2.05, 4.69) is 20.2 Å². The summed E-state index contributed by atoms with van der Waals surface area (Å²) in [4.78, 5) is 23.2. The van der Waals surface area contributed by atoms with E-state index in [1.807, 2.05) is 6.07 Å². The van der Waals surface area contributed by atoms with Crippen LogP contribution >= 0.6 is 11.6 Å². The molecule has 1 saturated carbocycles. The number of aromatic nitrogens is 2. The number of alkyl halides is 1. The lowest BCUT2D eigenvalue weighted by Gasteiger charge is -2.32. The zero-order chi connectivity index (χ0) is 19.7. The average molecular weight is 405 g/mol. The summed E-state index contributed by atoms with van der Waals surface area (Å²) in [5.41, 5.74) is 2.66. The Bertz CT molecular complexity index is 869. The van der Waals surface area contributed by atoms with Crippen LogP contribution in [0.3, 0.4) is 0 Å². The highest BCUT2D eigenvalue weighted by Gasteiger charge is 2.28. The maximum atomic E-state index is 13.4. The van der Waals surface area contributed by atoms with Gasteiger partial charge >= 0.3 is 0 Å². The fraction of sp³-hybridized carbons (Fsp3) is 0.571. The first-order valence-corrected chi connectivity index (χ1v) is 10.5. The van der Waals surface area contributed by atoms with Crippen LogP contribution in [0.5, 0.6) is 0 Å². The van der Waals surface area contributed by atoms with Crippen molar-refractivity contribution in [1.29, 1.82) is 0 Å². The predicted molar refractivity (Wildman–Crippen MR) is 110 cm³/mol. The van der Waals surface area contributed by atoms with E-state index in [0.717, 1.165) is 50.0 Å². The van der Waals surface area contributed by atoms with Crippen LogP contribution in [0.2, 0.25) is 5.15 Å². The van der Waals surface area contributed by atoms with E-state index in [9.17, 15) is 9.18 Å². The summed E-state index contributed by atoms with van der Waals surface area (Å²) in [6.07, 6.45) is 5.92. The Morgan fingerprint density at radius 3 is 2.75 bits per heavy atom. The van der Waals surface area contributed by atoms with Gasteiger partial charge < -0.3 is 10.2 Å². The first kappa shape index (κ1) is 19.5. The molecule has 2 fully saturated rings. The van der Waals surface area contributed by atoms with Gasteiger partial charge in [-0.05, 0) is 57.1 Å². The van der Waals surface area contributed by atoms with Crippen LogP contribution in [0.4, 0.5) is 10.1 Å². The van der Waals surface area contributed by atoms with Crippen molar-refractivity contribution in [3.63, 3.8) is 0 Å². The lowest BCUT2D eigenvalue weighted by molar-refractivity contribution is 0.101. The molecular formula is C21H26ClFN4O. The van der Waals surface area contributed by atoms with Crippen LogP contribution < -0.4 is 5.32 Å². The van der Waals surface area contributed by atoms with Crippen LogP contribution in [0.25, 0.3) is 11.0 Å². The standard InChI is InChI=1S/C21H26ClFN4O/c1-13(28)17-10-24-18-6-7-19(22)26-21(18)20(17)25-16-4-2-14(3-5-16)11-27-9-8-15(23)12-27/h6-7,10,14-16H,2-5,8-9,11-12H2,1H3,(H,24,25)/t14-,15-,16-/m1/s1. The van der Waals surface area contributed by atoms with Gasteiger partial charge in [0.2, 0.25) is 0 Å². The first-order valence-electron chi connectivity index (χ1n) is 10.1. The van der Waals surface area contributed by atoms with Gasteiger partial charge in [-0.2, -0.15) is 0 Å². The zero-order valence-electron chi connectivity index (χ0n) is 16.1. The highest BCUT2D eigenvalue weighted by molar-refractivity contribution is 6.30. The number of carbonyl (C=O) groups excluding carboxylic acids is 1. The third-order valence-corrected chi connectivity index (χ3v) is 6.20. The first-order chi connectivity index (χ1) is 13.5. The molecule has 2 aromatic rings. The number of pyridine rings is 2. The molecule has 1 atom stereocenters. The van der Waals surface area contributed by atoms with Gasteiger partial charge in [0.25, 0.3) is 0 Å². The van der Waals surface area contributed by atoms with E-state index in [0.29, 0.717) is 35.1 Å². The molecule has 1 N–H and O–H groups in total. The van der Waals surface area contributed by atoms with Crippen molar-refractivity contribution in [2.45, 2.75) is 51.2 Å². The molecule has 1 saturated heterocycles. The second kappa shape index (κ2) is 8.29. The molecule has 0 unspecified atom stereocenters. The number of fused-ring (bicyclic) bond motifs is 1. The van der Waals surface area contributed by atoms with Gasteiger partial charge in [-0.1, -0.05) is 11.6 Å². The lowest BCUT2D eigenvalue weighted by atomic mass is 9.85. The van der Waals surface area contributed by atoms with Crippen molar-refractivity contribution in [1.82, 2.24) is 14.9 Å².